The van der Waals surface area contributed by atoms with Crippen LogP contribution in [0.1, 0.15) is 50.7 Å². The van der Waals surface area contributed by atoms with E-state index in [2.05, 4.69) is 61.4 Å². The van der Waals surface area contributed by atoms with Gasteiger partial charge in [-0.05, 0) is 47.2 Å². The summed E-state index contributed by atoms with van der Waals surface area (Å²) in [7, 11) is 1.90. The Kier molecular flexibility index (Phi) is 7.21. The van der Waals surface area contributed by atoms with Gasteiger partial charge in [0.1, 0.15) is 0 Å². The van der Waals surface area contributed by atoms with Gasteiger partial charge in [-0.15, -0.1) is 10.2 Å². The van der Waals surface area contributed by atoms with Crippen LogP contribution in [0.4, 0.5) is 5.69 Å². The molecular weight excluding hydrogens is 416 g/mol. The van der Waals surface area contributed by atoms with Gasteiger partial charge >= 0.3 is 0 Å². The Morgan fingerprint density at radius 1 is 1.03 bits per heavy atom. The van der Waals surface area contributed by atoms with Crippen LogP contribution in [0.3, 0.4) is 0 Å². The molecule has 0 aliphatic heterocycles. The van der Waals surface area contributed by atoms with Gasteiger partial charge < -0.3 is 9.88 Å². The summed E-state index contributed by atoms with van der Waals surface area (Å²) in [5.74, 6) is 1.60. The van der Waals surface area contributed by atoms with Gasteiger partial charge in [0.15, 0.2) is 11.0 Å². The summed E-state index contributed by atoms with van der Waals surface area (Å²) in [6.07, 6.45) is 0. The standard InChI is InChI=1S/C23H27ClN4OS/c1-14(2)18-7-6-8-19(15(3)4)21(18)25-20(29)13-30-23-27-26-22(28(23)5)16-9-11-17(24)12-10-16/h6-12,14-15H,13H2,1-5H3,(H,25,29). The first-order chi connectivity index (χ1) is 14.3. The lowest BCUT2D eigenvalue weighted by Gasteiger charge is -2.20. The van der Waals surface area contributed by atoms with E-state index in [1.54, 1.807) is 0 Å². The molecule has 0 atom stereocenters. The summed E-state index contributed by atoms with van der Waals surface area (Å²) in [5.41, 5.74) is 4.18. The van der Waals surface area contributed by atoms with Crippen LogP contribution in [0.15, 0.2) is 47.6 Å². The number of rotatable bonds is 7. The highest BCUT2D eigenvalue weighted by molar-refractivity contribution is 7.99. The van der Waals surface area contributed by atoms with E-state index >= 15 is 0 Å². The normalized spacial score (nSPS) is 11.3. The number of nitrogens with one attached hydrogen (secondary N) is 1. The largest absolute Gasteiger partial charge is 0.325 e. The zero-order chi connectivity index (χ0) is 21.8. The third kappa shape index (κ3) is 5.05. The van der Waals surface area contributed by atoms with Gasteiger partial charge in [-0.25, -0.2) is 0 Å². The van der Waals surface area contributed by atoms with Crippen LogP contribution >= 0.6 is 23.4 Å². The minimum absolute atomic E-state index is 0.0500. The maximum absolute atomic E-state index is 12.8. The van der Waals surface area contributed by atoms with E-state index in [0.717, 1.165) is 28.2 Å². The minimum atomic E-state index is -0.0500. The average molecular weight is 443 g/mol. The van der Waals surface area contributed by atoms with Gasteiger partial charge in [0.05, 0.1) is 5.75 Å². The van der Waals surface area contributed by atoms with Crippen LogP contribution in [0.25, 0.3) is 11.4 Å². The lowest BCUT2D eigenvalue weighted by Crippen LogP contribution is -2.18. The maximum atomic E-state index is 12.8. The number of aromatic nitrogens is 3. The first-order valence-corrected chi connectivity index (χ1v) is 11.3. The fraction of sp³-hybridized carbons (Fsp3) is 0.348. The van der Waals surface area contributed by atoms with Crippen LogP contribution in [-0.2, 0) is 11.8 Å². The fourth-order valence-corrected chi connectivity index (χ4v) is 4.13. The van der Waals surface area contributed by atoms with E-state index in [9.17, 15) is 4.79 Å². The lowest BCUT2D eigenvalue weighted by atomic mass is 9.92. The molecule has 3 aromatic rings. The minimum Gasteiger partial charge on any atom is -0.325 e. The van der Waals surface area contributed by atoms with Gasteiger partial charge in [0, 0.05) is 23.3 Å². The zero-order valence-electron chi connectivity index (χ0n) is 17.9. The maximum Gasteiger partial charge on any atom is 0.234 e. The number of para-hydroxylation sites is 1. The summed E-state index contributed by atoms with van der Waals surface area (Å²) < 4.78 is 1.89. The highest BCUT2D eigenvalue weighted by Gasteiger charge is 2.17. The van der Waals surface area contributed by atoms with Crippen molar-refractivity contribution in [2.45, 2.75) is 44.7 Å². The van der Waals surface area contributed by atoms with E-state index in [4.69, 9.17) is 11.6 Å². The molecule has 7 heteroatoms. The van der Waals surface area contributed by atoms with E-state index in [-0.39, 0.29) is 11.7 Å². The van der Waals surface area contributed by atoms with E-state index in [0.29, 0.717) is 22.0 Å². The number of halogens is 1. The topological polar surface area (TPSA) is 59.8 Å². The van der Waals surface area contributed by atoms with Gasteiger partial charge in [-0.1, -0.05) is 69.3 Å². The van der Waals surface area contributed by atoms with E-state index in [1.165, 1.54) is 11.8 Å². The van der Waals surface area contributed by atoms with Crippen molar-refractivity contribution in [1.29, 1.82) is 0 Å². The number of carbonyl (C=O) groups is 1. The summed E-state index contributed by atoms with van der Waals surface area (Å²) in [5, 5.41) is 13.0. The summed E-state index contributed by atoms with van der Waals surface area (Å²) in [4.78, 5) is 12.8. The molecule has 0 saturated carbocycles. The van der Waals surface area contributed by atoms with E-state index < -0.39 is 0 Å². The molecule has 1 heterocycles. The van der Waals surface area contributed by atoms with Crippen LogP contribution in [0, 0.1) is 0 Å². The Morgan fingerprint density at radius 3 is 2.20 bits per heavy atom. The molecule has 1 aromatic heterocycles. The smallest absolute Gasteiger partial charge is 0.234 e. The van der Waals surface area contributed by atoms with Crippen LogP contribution in [0.5, 0.6) is 0 Å². The zero-order valence-corrected chi connectivity index (χ0v) is 19.5. The lowest BCUT2D eigenvalue weighted by molar-refractivity contribution is -0.113. The Bertz CT molecular complexity index is 1000. The second-order valence-electron chi connectivity index (χ2n) is 7.83. The second-order valence-corrected chi connectivity index (χ2v) is 9.21. The van der Waals surface area contributed by atoms with Crippen molar-refractivity contribution in [2.24, 2.45) is 7.05 Å². The molecule has 0 aliphatic carbocycles. The van der Waals surface area contributed by atoms with Gasteiger partial charge in [0.25, 0.3) is 0 Å². The fourth-order valence-electron chi connectivity index (χ4n) is 3.29. The molecule has 0 radical (unpaired) electrons. The Labute approximate surface area is 187 Å². The van der Waals surface area contributed by atoms with Crippen molar-refractivity contribution in [3.05, 3.63) is 58.6 Å². The number of anilines is 1. The molecule has 3 rings (SSSR count). The van der Waals surface area contributed by atoms with Crippen molar-refractivity contribution in [1.82, 2.24) is 14.8 Å². The van der Waals surface area contributed by atoms with Crippen LogP contribution in [0.2, 0.25) is 5.02 Å². The highest BCUT2D eigenvalue weighted by atomic mass is 35.5. The molecular formula is C23H27ClN4OS. The molecule has 5 nitrogen and oxygen atoms in total. The van der Waals surface area contributed by atoms with Crippen LogP contribution in [-0.4, -0.2) is 26.4 Å². The Balaban J connectivity index is 1.73. The van der Waals surface area contributed by atoms with Gasteiger partial charge in [-0.3, -0.25) is 4.79 Å². The molecule has 1 N–H and O–H groups in total. The molecule has 0 spiro atoms. The first-order valence-electron chi connectivity index (χ1n) is 9.98. The third-order valence-corrected chi connectivity index (χ3v) is 6.18. The number of benzene rings is 2. The number of nitrogens with zero attached hydrogens (tertiary/aromatic N) is 3. The van der Waals surface area contributed by atoms with E-state index in [1.807, 2.05) is 35.9 Å². The van der Waals surface area contributed by atoms with Crippen molar-refractivity contribution in [3.63, 3.8) is 0 Å². The molecule has 0 saturated heterocycles. The predicted octanol–water partition coefficient (Wildman–Crippen LogP) is 6.11. The molecule has 2 aromatic carbocycles. The second kappa shape index (κ2) is 9.67. The third-order valence-electron chi connectivity index (χ3n) is 4.91. The SMILES string of the molecule is CC(C)c1cccc(C(C)C)c1NC(=O)CSc1nnc(-c2ccc(Cl)cc2)n1C. The quantitative estimate of drug-likeness (QED) is 0.448. The molecule has 0 bridgehead atoms. The number of carbonyl (C=O) groups excluding carboxylic acids is 1. The molecule has 0 fully saturated rings. The summed E-state index contributed by atoms with van der Waals surface area (Å²) >= 11 is 7.34. The highest BCUT2D eigenvalue weighted by Crippen LogP contribution is 2.32. The Morgan fingerprint density at radius 2 is 1.63 bits per heavy atom. The van der Waals surface area contributed by atoms with Crippen molar-refractivity contribution in [3.8, 4) is 11.4 Å². The van der Waals surface area contributed by atoms with Crippen molar-refractivity contribution in [2.75, 3.05) is 11.1 Å². The molecule has 0 unspecified atom stereocenters. The van der Waals surface area contributed by atoms with Crippen molar-refractivity contribution < 1.29 is 4.79 Å². The van der Waals surface area contributed by atoms with Crippen LogP contribution < -0.4 is 5.32 Å². The monoisotopic (exact) mass is 442 g/mol. The van der Waals surface area contributed by atoms with Gasteiger partial charge in [-0.2, -0.15) is 0 Å². The number of amides is 1. The summed E-state index contributed by atoms with van der Waals surface area (Å²) in [6, 6.07) is 13.7. The Hall–Kier alpha value is -2.31. The van der Waals surface area contributed by atoms with Gasteiger partial charge in [0.2, 0.25) is 5.91 Å². The molecule has 0 aliphatic rings. The summed E-state index contributed by atoms with van der Waals surface area (Å²) in [6.45, 7) is 8.56. The number of hydrogen-bond donors (Lipinski definition) is 1. The predicted molar refractivity (Wildman–Crippen MR) is 125 cm³/mol. The number of hydrogen-bond acceptors (Lipinski definition) is 4. The first kappa shape index (κ1) is 22.4. The molecule has 158 valence electrons. The van der Waals surface area contributed by atoms with Crippen molar-refractivity contribution >= 4 is 35.0 Å². The number of thioether (sulfide) groups is 1. The molecule has 30 heavy (non-hydrogen) atoms. The molecule has 1 amide bonds. The average Bonchev–Trinajstić information content (AvgIpc) is 3.07.